The smallest absolute Gasteiger partial charge is 0.233 e. The molecule has 2 atom stereocenters. The monoisotopic (exact) mass is 408 g/mol. The van der Waals surface area contributed by atoms with Gasteiger partial charge in [0.05, 0.1) is 18.5 Å². The van der Waals surface area contributed by atoms with Gasteiger partial charge in [-0.15, -0.1) is 11.8 Å². The van der Waals surface area contributed by atoms with Crippen LogP contribution in [0.1, 0.15) is 25.8 Å². The number of morpholine rings is 1. The molecular weight excluding hydrogens is 376 g/mol. The van der Waals surface area contributed by atoms with E-state index in [1.165, 1.54) is 11.3 Å². The van der Waals surface area contributed by atoms with Crippen molar-refractivity contribution in [2.75, 3.05) is 44.4 Å². The molecule has 2 heterocycles. The highest BCUT2D eigenvalue weighted by atomic mass is 32.2. The Morgan fingerprint density at radius 3 is 2.67 bits per heavy atom. The summed E-state index contributed by atoms with van der Waals surface area (Å²) in [6.07, 6.45) is 1.15. The SMILES string of the molecule is CC(C)C(SCc1ccccc1)C(=O)NCC1(N2CCOCC2)CCSC1. The van der Waals surface area contributed by atoms with Crippen molar-refractivity contribution in [1.82, 2.24) is 10.2 Å². The predicted molar refractivity (Wildman–Crippen MR) is 116 cm³/mol. The highest BCUT2D eigenvalue weighted by Gasteiger charge is 2.41. The van der Waals surface area contributed by atoms with Crippen molar-refractivity contribution >= 4 is 29.4 Å². The fourth-order valence-electron chi connectivity index (χ4n) is 3.82. The molecule has 0 spiro atoms. The van der Waals surface area contributed by atoms with Crippen LogP contribution in [0.4, 0.5) is 0 Å². The van der Waals surface area contributed by atoms with Gasteiger partial charge in [-0.05, 0) is 23.7 Å². The summed E-state index contributed by atoms with van der Waals surface area (Å²) < 4.78 is 5.53. The second kappa shape index (κ2) is 10.2. The minimum absolute atomic E-state index is 0.0130. The van der Waals surface area contributed by atoms with E-state index in [4.69, 9.17) is 4.74 Å². The zero-order valence-corrected chi connectivity index (χ0v) is 18.1. The van der Waals surface area contributed by atoms with Crippen LogP contribution in [0.2, 0.25) is 0 Å². The van der Waals surface area contributed by atoms with Crippen LogP contribution >= 0.6 is 23.5 Å². The van der Waals surface area contributed by atoms with Crippen molar-refractivity contribution in [2.45, 2.75) is 36.8 Å². The zero-order chi connectivity index (χ0) is 19.1. The second-order valence-electron chi connectivity index (χ2n) is 7.81. The first-order valence-corrected chi connectivity index (χ1v) is 12.1. The number of hydrogen-bond acceptors (Lipinski definition) is 5. The first-order valence-electron chi connectivity index (χ1n) is 9.94. The lowest BCUT2D eigenvalue weighted by atomic mass is 9.95. The Hall–Kier alpha value is -0.690. The van der Waals surface area contributed by atoms with E-state index in [9.17, 15) is 4.79 Å². The molecule has 0 saturated carbocycles. The Bertz CT molecular complexity index is 585. The maximum Gasteiger partial charge on any atom is 0.233 e. The van der Waals surface area contributed by atoms with E-state index in [0.29, 0.717) is 5.92 Å². The summed E-state index contributed by atoms with van der Waals surface area (Å²) in [4.78, 5) is 15.6. The molecule has 6 heteroatoms. The number of ether oxygens (including phenoxy) is 1. The average Bonchev–Trinajstić information content (AvgIpc) is 3.18. The summed E-state index contributed by atoms with van der Waals surface area (Å²) >= 11 is 3.77. The predicted octanol–water partition coefficient (Wildman–Crippen LogP) is 3.27. The van der Waals surface area contributed by atoms with Crippen molar-refractivity contribution in [1.29, 1.82) is 0 Å². The summed E-state index contributed by atoms with van der Waals surface area (Å²) in [5.41, 5.74) is 1.38. The minimum atomic E-state index is -0.0130. The van der Waals surface area contributed by atoms with E-state index in [1.54, 1.807) is 11.8 Å². The average molecular weight is 409 g/mol. The third-order valence-corrected chi connectivity index (χ3v) is 8.34. The number of rotatable bonds is 8. The molecule has 1 aromatic rings. The topological polar surface area (TPSA) is 41.6 Å². The number of nitrogens with zero attached hydrogens (tertiary/aromatic N) is 1. The Morgan fingerprint density at radius 1 is 1.30 bits per heavy atom. The molecular formula is C21H32N2O2S2. The van der Waals surface area contributed by atoms with Crippen LogP contribution in [0, 0.1) is 5.92 Å². The Kier molecular flexibility index (Phi) is 7.94. The molecule has 150 valence electrons. The molecule has 1 aromatic carbocycles. The van der Waals surface area contributed by atoms with E-state index in [2.05, 4.69) is 48.3 Å². The largest absolute Gasteiger partial charge is 0.379 e. The molecule has 4 nitrogen and oxygen atoms in total. The third kappa shape index (κ3) is 5.66. The number of nitrogens with one attached hydrogen (secondary N) is 1. The van der Waals surface area contributed by atoms with Crippen molar-refractivity contribution in [3.8, 4) is 0 Å². The highest BCUT2D eigenvalue weighted by molar-refractivity contribution is 8.00. The van der Waals surface area contributed by atoms with Gasteiger partial charge in [-0.2, -0.15) is 11.8 Å². The quantitative estimate of drug-likeness (QED) is 0.715. The summed E-state index contributed by atoms with van der Waals surface area (Å²) in [6, 6.07) is 10.4. The van der Waals surface area contributed by atoms with E-state index >= 15 is 0 Å². The van der Waals surface area contributed by atoms with Gasteiger partial charge in [0.25, 0.3) is 0 Å². The fourth-order valence-corrected chi connectivity index (χ4v) is 6.48. The van der Waals surface area contributed by atoms with Crippen molar-refractivity contribution < 1.29 is 9.53 Å². The molecule has 2 fully saturated rings. The molecule has 0 bridgehead atoms. The maximum absolute atomic E-state index is 13.0. The number of carbonyl (C=O) groups excluding carboxylic acids is 1. The zero-order valence-electron chi connectivity index (χ0n) is 16.5. The fraction of sp³-hybridized carbons (Fsp3) is 0.667. The van der Waals surface area contributed by atoms with Gasteiger partial charge >= 0.3 is 0 Å². The Labute approximate surface area is 172 Å². The van der Waals surface area contributed by atoms with Crippen LogP contribution in [0.3, 0.4) is 0 Å². The van der Waals surface area contributed by atoms with Gasteiger partial charge in [0, 0.05) is 36.7 Å². The summed E-state index contributed by atoms with van der Waals surface area (Å²) in [5.74, 6) is 3.67. The van der Waals surface area contributed by atoms with E-state index in [-0.39, 0.29) is 16.7 Å². The van der Waals surface area contributed by atoms with Gasteiger partial charge in [0.2, 0.25) is 5.91 Å². The summed E-state index contributed by atoms with van der Waals surface area (Å²) in [6.45, 7) is 8.62. The third-order valence-electron chi connectivity index (χ3n) is 5.49. The standard InChI is InChI=1S/C21H32N2O2S2/c1-17(2)19(27-14-18-6-4-3-5-7-18)20(24)22-15-21(8-13-26-16-21)23-9-11-25-12-10-23/h3-7,17,19H,8-16H2,1-2H3,(H,22,24). The van der Waals surface area contributed by atoms with Gasteiger partial charge in [0.1, 0.15) is 0 Å². The van der Waals surface area contributed by atoms with Crippen LogP contribution in [0.5, 0.6) is 0 Å². The van der Waals surface area contributed by atoms with Crippen LogP contribution in [-0.4, -0.2) is 65.9 Å². The van der Waals surface area contributed by atoms with Crippen LogP contribution in [0.25, 0.3) is 0 Å². The molecule has 3 rings (SSSR count). The molecule has 2 unspecified atom stereocenters. The van der Waals surface area contributed by atoms with E-state index in [1.807, 2.05) is 17.8 Å². The lowest BCUT2D eigenvalue weighted by Gasteiger charge is -2.43. The van der Waals surface area contributed by atoms with Gasteiger partial charge in [-0.3, -0.25) is 9.69 Å². The lowest BCUT2D eigenvalue weighted by molar-refractivity contribution is -0.122. The molecule has 2 aliphatic heterocycles. The number of carbonyl (C=O) groups is 1. The van der Waals surface area contributed by atoms with Crippen LogP contribution in [-0.2, 0) is 15.3 Å². The molecule has 2 saturated heterocycles. The molecule has 2 aliphatic rings. The molecule has 1 amide bonds. The minimum Gasteiger partial charge on any atom is -0.379 e. The van der Waals surface area contributed by atoms with Gasteiger partial charge in [-0.1, -0.05) is 44.2 Å². The number of benzene rings is 1. The molecule has 0 radical (unpaired) electrons. The van der Waals surface area contributed by atoms with Crippen LogP contribution in [0.15, 0.2) is 30.3 Å². The number of hydrogen-bond donors (Lipinski definition) is 1. The van der Waals surface area contributed by atoms with Gasteiger partial charge in [-0.25, -0.2) is 0 Å². The highest BCUT2D eigenvalue weighted by Crippen LogP contribution is 2.34. The maximum atomic E-state index is 13.0. The summed E-state index contributed by atoms with van der Waals surface area (Å²) in [7, 11) is 0. The van der Waals surface area contributed by atoms with Crippen molar-refractivity contribution in [2.24, 2.45) is 5.92 Å². The lowest BCUT2D eigenvalue weighted by Crippen LogP contribution is -2.59. The van der Waals surface area contributed by atoms with Crippen molar-refractivity contribution in [3.05, 3.63) is 35.9 Å². The van der Waals surface area contributed by atoms with Gasteiger partial charge < -0.3 is 10.1 Å². The molecule has 27 heavy (non-hydrogen) atoms. The van der Waals surface area contributed by atoms with Crippen LogP contribution < -0.4 is 5.32 Å². The molecule has 0 aromatic heterocycles. The normalized spacial score (nSPS) is 24.9. The van der Waals surface area contributed by atoms with Gasteiger partial charge in [0.15, 0.2) is 0 Å². The number of amides is 1. The Balaban J connectivity index is 1.57. The second-order valence-corrected chi connectivity index (χ2v) is 10.0. The van der Waals surface area contributed by atoms with E-state index in [0.717, 1.165) is 50.8 Å². The summed E-state index contributed by atoms with van der Waals surface area (Å²) in [5, 5.41) is 3.31. The molecule has 0 aliphatic carbocycles. The number of thioether (sulfide) groups is 2. The Morgan fingerprint density at radius 2 is 2.04 bits per heavy atom. The van der Waals surface area contributed by atoms with E-state index < -0.39 is 0 Å². The molecule has 1 N–H and O–H groups in total. The first-order chi connectivity index (χ1) is 13.1. The van der Waals surface area contributed by atoms with Crippen molar-refractivity contribution in [3.63, 3.8) is 0 Å². The first kappa shape index (κ1) is 21.0.